The minimum Gasteiger partial charge on any atom is -0.497 e. The van der Waals surface area contributed by atoms with Gasteiger partial charge in [0.25, 0.3) is 5.91 Å². The molecule has 2 amide bonds. The number of esters is 2. The maximum atomic E-state index is 13.8. The van der Waals surface area contributed by atoms with Crippen LogP contribution in [0.1, 0.15) is 62.5 Å². The van der Waals surface area contributed by atoms with Crippen LogP contribution in [0.4, 0.5) is 9.39 Å². The highest BCUT2D eigenvalue weighted by Gasteiger charge is 2.29. The van der Waals surface area contributed by atoms with Crippen LogP contribution in [-0.4, -0.2) is 64.1 Å². The summed E-state index contributed by atoms with van der Waals surface area (Å²) in [5.74, 6) is -1.64. The van der Waals surface area contributed by atoms with Gasteiger partial charge in [0, 0.05) is 11.3 Å². The molecule has 0 aliphatic rings. The molecule has 242 valence electrons. The second kappa shape index (κ2) is 15.5. The summed E-state index contributed by atoms with van der Waals surface area (Å²) in [5.41, 5.74) is 1.33. The molecule has 46 heavy (non-hydrogen) atoms. The van der Waals surface area contributed by atoms with Crippen LogP contribution < -0.4 is 15.4 Å². The first kappa shape index (κ1) is 34.1. The maximum absolute atomic E-state index is 13.8. The Morgan fingerprint density at radius 3 is 2.26 bits per heavy atom. The van der Waals surface area contributed by atoms with E-state index < -0.39 is 28.9 Å². The van der Waals surface area contributed by atoms with Gasteiger partial charge in [-0.1, -0.05) is 11.8 Å². The average molecular weight is 670 g/mol. The van der Waals surface area contributed by atoms with Gasteiger partial charge >= 0.3 is 11.9 Å². The number of aromatic nitrogens is 3. The molecule has 0 unspecified atom stereocenters. The lowest BCUT2D eigenvalue weighted by atomic mass is 10.1. The van der Waals surface area contributed by atoms with E-state index in [0.29, 0.717) is 33.5 Å². The normalized spacial score (nSPS) is 11.4. The molecule has 0 aliphatic heterocycles. The highest BCUT2D eigenvalue weighted by molar-refractivity contribution is 8.00. The quantitative estimate of drug-likeness (QED) is 0.144. The third kappa shape index (κ3) is 7.90. The van der Waals surface area contributed by atoms with E-state index in [1.165, 1.54) is 31.4 Å². The molecule has 2 aromatic heterocycles. The first-order chi connectivity index (χ1) is 22.1. The molecule has 2 aromatic carbocycles. The number of anilines is 1. The van der Waals surface area contributed by atoms with Crippen LogP contribution in [0.2, 0.25) is 0 Å². The lowest BCUT2D eigenvalue weighted by Gasteiger charge is -2.14. The summed E-state index contributed by atoms with van der Waals surface area (Å²) in [5, 5.41) is 13.7. The molecule has 0 fully saturated rings. The molecule has 0 saturated heterocycles. The Balaban J connectivity index is 1.57. The predicted octanol–water partition coefficient (Wildman–Crippen LogP) is 5.19. The van der Waals surface area contributed by atoms with Crippen LogP contribution in [0.25, 0.3) is 5.69 Å². The molecule has 12 nitrogen and oxygen atoms in total. The van der Waals surface area contributed by atoms with Crippen molar-refractivity contribution in [3.8, 4) is 11.4 Å². The van der Waals surface area contributed by atoms with Crippen LogP contribution in [0.15, 0.2) is 53.7 Å². The van der Waals surface area contributed by atoms with E-state index in [1.807, 2.05) is 0 Å². The highest BCUT2D eigenvalue weighted by atomic mass is 32.2. The van der Waals surface area contributed by atoms with Crippen molar-refractivity contribution in [2.24, 2.45) is 0 Å². The lowest BCUT2D eigenvalue weighted by Crippen LogP contribution is -2.25. The van der Waals surface area contributed by atoms with Crippen LogP contribution in [0.5, 0.6) is 5.75 Å². The fraction of sp³-hybridized carbons (Fsp3) is 0.290. The minimum absolute atomic E-state index is 0.0234. The number of amides is 2. The number of halogens is 1. The van der Waals surface area contributed by atoms with Crippen molar-refractivity contribution in [3.63, 3.8) is 0 Å². The molecule has 1 atom stereocenters. The smallest absolute Gasteiger partial charge is 0.348 e. The number of ether oxygens (including phenoxy) is 3. The first-order valence-corrected chi connectivity index (χ1v) is 15.8. The van der Waals surface area contributed by atoms with Gasteiger partial charge in [-0.2, -0.15) is 0 Å². The fourth-order valence-corrected chi connectivity index (χ4v) is 6.19. The number of nitrogens with one attached hydrogen (secondary N) is 2. The fourth-order valence-electron chi connectivity index (χ4n) is 4.21. The second-order valence-corrected chi connectivity index (χ2v) is 11.9. The van der Waals surface area contributed by atoms with Gasteiger partial charge in [-0.05, 0) is 81.8 Å². The lowest BCUT2D eigenvalue weighted by molar-refractivity contribution is -0.115. The summed E-state index contributed by atoms with van der Waals surface area (Å²) >= 11 is 1.98. The van der Waals surface area contributed by atoms with Crippen molar-refractivity contribution >= 4 is 51.9 Å². The van der Waals surface area contributed by atoms with Gasteiger partial charge in [0.2, 0.25) is 5.91 Å². The molecule has 15 heteroatoms. The van der Waals surface area contributed by atoms with E-state index in [0.717, 1.165) is 23.1 Å². The van der Waals surface area contributed by atoms with E-state index in [1.54, 1.807) is 56.5 Å². The number of thiophene rings is 1. The molecule has 2 heterocycles. The van der Waals surface area contributed by atoms with Gasteiger partial charge in [-0.25, -0.2) is 14.0 Å². The second-order valence-electron chi connectivity index (χ2n) is 9.57. The number of benzene rings is 2. The number of nitrogens with zero attached hydrogens (tertiary/aromatic N) is 3. The molecular weight excluding hydrogens is 638 g/mol. The zero-order chi connectivity index (χ0) is 33.4. The average Bonchev–Trinajstić information content (AvgIpc) is 3.60. The molecule has 4 aromatic rings. The molecule has 0 radical (unpaired) electrons. The Morgan fingerprint density at radius 2 is 1.63 bits per heavy atom. The molecule has 2 N–H and O–H groups in total. The maximum Gasteiger partial charge on any atom is 0.348 e. The van der Waals surface area contributed by atoms with E-state index in [2.05, 4.69) is 20.8 Å². The van der Waals surface area contributed by atoms with E-state index in [-0.39, 0.29) is 41.1 Å². The van der Waals surface area contributed by atoms with Crippen molar-refractivity contribution in [3.05, 3.63) is 81.7 Å². The highest BCUT2D eigenvalue weighted by Crippen LogP contribution is 2.35. The number of hydrogen-bond acceptors (Lipinski definition) is 11. The number of carbonyl (C=O) groups is 4. The molecule has 0 bridgehead atoms. The first-order valence-electron chi connectivity index (χ1n) is 14.1. The topological polar surface area (TPSA) is 151 Å². The number of hydrogen-bond donors (Lipinski definition) is 2. The summed E-state index contributed by atoms with van der Waals surface area (Å²) < 4.78 is 30.8. The third-order valence-electron chi connectivity index (χ3n) is 6.52. The van der Waals surface area contributed by atoms with Crippen LogP contribution in [0.3, 0.4) is 0 Å². The van der Waals surface area contributed by atoms with Crippen molar-refractivity contribution in [1.82, 2.24) is 20.1 Å². The number of thioether (sulfide) groups is 1. The Bertz CT molecular complexity index is 1720. The Hall–Kier alpha value is -4.76. The predicted molar refractivity (Wildman–Crippen MR) is 170 cm³/mol. The summed E-state index contributed by atoms with van der Waals surface area (Å²) in [6.07, 6.45) is 0. The summed E-state index contributed by atoms with van der Waals surface area (Å²) in [6.45, 7) is 6.75. The van der Waals surface area contributed by atoms with Gasteiger partial charge in [0.15, 0.2) is 11.0 Å². The standard InChI is InChI=1S/C31H32FN5O7S2/c1-6-43-29(40)24-17(3)25(30(41)44-7-2)46-28(24)34-26(38)18(4)45-31-36-35-23(37(31)21-12-10-20(32)11-13-21)16-33-27(39)19-8-14-22(42-5)15-9-19/h8-15,18H,6-7,16H2,1-5H3,(H,33,39)(H,34,38)/t18-/m0/s1. The summed E-state index contributed by atoms with van der Waals surface area (Å²) in [4.78, 5) is 51.7. The Morgan fingerprint density at radius 1 is 0.978 bits per heavy atom. The molecule has 4 rings (SSSR count). The van der Waals surface area contributed by atoms with Crippen molar-refractivity contribution in [1.29, 1.82) is 0 Å². The number of carbonyl (C=O) groups excluding carboxylic acids is 4. The minimum atomic E-state index is -0.784. The van der Waals surface area contributed by atoms with Gasteiger partial charge in [-0.15, -0.1) is 21.5 Å². The van der Waals surface area contributed by atoms with E-state index in [4.69, 9.17) is 14.2 Å². The van der Waals surface area contributed by atoms with E-state index in [9.17, 15) is 23.6 Å². The number of methoxy groups -OCH3 is 1. The van der Waals surface area contributed by atoms with E-state index >= 15 is 0 Å². The Kier molecular flexibility index (Phi) is 11.5. The molecule has 0 spiro atoms. The van der Waals surface area contributed by atoms with Crippen LogP contribution >= 0.6 is 23.1 Å². The Labute approximate surface area is 272 Å². The van der Waals surface area contributed by atoms with Crippen molar-refractivity contribution < 1.29 is 37.8 Å². The van der Waals surface area contributed by atoms with Crippen LogP contribution in [0, 0.1) is 12.7 Å². The summed E-state index contributed by atoms with van der Waals surface area (Å²) in [6, 6.07) is 12.2. The van der Waals surface area contributed by atoms with Gasteiger partial charge in [0.1, 0.15) is 21.4 Å². The summed E-state index contributed by atoms with van der Waals surface area (Å²) in [7, 11) is 1.53. The molecule has 0 aliphatic carbocycles. The zero-order valence-electron chi connectivity index (χ0n) is 25.7. The van der Waals surface area contributed by atoms with Crippen molar-refractivity contribution in [2.75, 3.05) is 25.6 Å². The van der Waals surface area contributed by atoms with Crippen LogP contribution in [-0.2, 0) is 20.8 Å². The zero-order valence-corrected chi connectivity index (χ0v) is 27.3. The van der Waals surface area contributed by atoms with Gasteiger partial charge in [0.05, 0.1) is 37.7 Å². The SMILES string of the molecule is CCOC(=O)c1sc(NC(=O)[C@H](C)Sc2nnc(CNC(=O)c3ccc(OC)cc3)n2-c2ccc(F)cc2)c(C(=O)OCC)c1C. The molecular formula is C31H32FN5O7S2. The third-order valence-corrected chi connectivity index (χ3v) is 8.75. The van der Waals surface area contributed by atoms with Gasteiger partial charge < -0.3 is 24.8 Å². The van der Waals surface area contributed by atoms with Gasteiger partial charge in [-0.3, -0.25) is 14.2 Å². The monoisotopic (exact) mass is 669 g/mol. The number of rotatable bonds is 13. The molecule has 0 saturated carbocycles. The largest absolute Gasteiger partial charge is 0.497 e. The van der Waals surface area contributed by atoms with Crippen molar-refractivity contribution in [2.45, 2.75) is 44.6 Å².